The van der Waals surface area contributed by atoms with Crippen LogP contribution in [0.1, 0.15) is 49.2 Å². The van der Waals surface area contributed by atoms with Gasteiger partial charge < -0.3 is 34.6 Å². The largest absolute Gasteiger partial charge is 0.465 e. The van der Waals surface area contributed by atoms with Crippen LogP contribution in [-0.4, -0.2) is 70.2 Å². The number of terminal acetylenes is 1. The van der Waals surface area contributed by atoms with Crippen molar-refractivity contribution in [3.05, 3.63) is 41.2 Å². The minimum absolute atomic E-state index is 0.0858. The highest BCUT2D eigenvalue weighted by molar-refractivity contribution is 5.95. The van der Waals surface area contributed by atoms with Crippen molar-refractivity contribution < 1.29 is 28.5 Å². The van der Waals surface area contributed by atoms with E-state index >= 15 is 0 Å². The Morgan fingerprint density at radius 1 is 1.20 bits per heavy atom. The molecule has 1 amide bonds. The van der Waals surface area contributed by atoms with E-state index < -0.39 is 5.97 Å². The topological polar surface area (TPSA) is 130 Å². The zero-order valence-corrected chi connectivity index (χ0v) is 21.1. The lowest BCUT2D eigenvalue weighted by Crippen LogP contribution is -2.41. The van der Waals surface area contributed by atoms with E-state index in [0.717, 1.165) is 5.56 Å². The number of hydrogen-bond donors (Lipinski definition) is 2. The average molecular weight is 491 g/mol. The molecule has 1 aromatic rings. The smallest absolute Gasteiger partial charge is 0.337 e. The van der Waals surface area contributed by atoms with E-state index in [1.165, 1.54) is 19.0 Å². The van der Waals surface area contributed by atoms with Crippen molar-refractivity contribution in [2.45, 2.75) is 33.2 Å². The van der Waals surface area contributed by atoms with E-state index in [1.807, 2.05) is 13.8 Å². The average Bonchev–Trinajstić information content (AvgIpc) is 2.87. The van der Waals surface area contributed by atoms with Crippen LogP contribution in [0.15, 0.2) is 30.1 Å². The van der Waals surface area contributed by atoms with Gasteiger partial charge >= 0.3 is 5.97 Å². The predicted octanol–water partition coefficient (Wildman–Crippen LogP) is 1.96. The van der Waals surface area contributed by atoms with Gasteiger partial charge in [-0.15, -0.1) is 6.42 Å². The second-order valence-electron chi connectivity index (χ2n) is 7.31. The van der Waals surface area contributed by atoms with Gasteiger partial charge in [0.15, 0.2) is 0 Å². The number of ether oxygens (including phenoxy) is 4. The van der Waals surface area contributed by atoms with Crippen molar-refractivity contribution in [2.75, 3.05) is 58.2 Å². The molecule has 194 valence electrons. The molecule has 0 spiro atoms. The Morgan fingerprint density at radius 3 is 2.49 bits per heavy atom. The number of amides is 1. The van der Waals surface area contributed by atoms with Gasteiger partial charge in [-0.1, -0.05) is 19.8 Å². The molecule has 1 aliphatic rings. The highest BCUT2D eigenvalue weighted by Crippen LogP contribution is 2.37. The summed E-state index contributed by atoms with van der Waals surface area (Å²) in [4.78, 5) is 25.7. The van der Waals surface area contributed by atoms with Gasteiger partial charge in [0.25, 0.3) is 0 Å². The van der Waals surface area contributed by atoms with Crippen molar-refractivity contribution in [3.63, 3.8) is 0 Å². The second kappa shape index (κ2) is 16.5. The molecule has 4 N–H and O–H groups in total. The summed E-state index contributed by atoms with van der Waals surface area (Å²) < 4.78 is 20.8. The first-order chi connectivity index (χ1) is 16.9. The lowest BCUT2D eigenvalue weighted by atomic mass is 9.94. The fraction of sp³-hybridized carbons (Fsp3) is 0.520. The van der Waals surface area contributed by atoms with Crippen molar-refractivity contribution in [1.82, 2.24) is 5.01 Å². The Kier molecular flexibility index (Phi) is 14.1. The van der Waals surface area contributed by atoms with E-state index in [2.05, 4.69) is 5.92 Å². The molecule has 1 aromatic carbocycles. The van der Waals surface area contributed by atoms with Gasteiger partial charge in [0, 0.05) is 30.9 Å². The van der Waals surface area contributed by atoms with Crippen LogP contribution in [-0.2, 0) is 23.7 Å². The van der Waals surface area contributed by atoms with Crippen LogP contribution in [0.2, 0.25) is 0 Å². The highest BCUT2D eigenvalue weighted by atomic mass is 16.5. The lowest BCUT2D eigenvalue weighted by Gasteiger charge is -2.37. The molecule has 1 unspecified atom stereocenters. The maximum Gasteiger partial charge on any atom is 0.337 e. The number of esters is 1. The number of benzene rings is 1. The number of carbonyl (C=O) groups excluding carboxylic acids is 2. The third-order valence-corrected chi connectivity index (χ3v) is 4.98. The van der Waals surface area contributed by atoms with E-state index in [0.29, 0.717) is 56.3 Å². The normalized spacial score (nSPS) is 14.8. The molecule has 1 aliphatic heterocycles. The molecule has 0 fully saturated rings. The number of hydrazine groups is 1. The summed E-state index contributed by atoms with van der Waals surface area (Å²) in [5, 5.41) is 1.48. The van der Waals surface area contributed by atoms with Crippen LogP contribution in [0.5, 0.6) is 0 Å². The third kappa shape index (κ3) is 9.58. The number of fused-ring (bicyclic) bond motifs is 1. The quantitative estimate of drug-likeness (QED) is 0.148. The molecule has 1 heterocycles. The van der Waals surface area contributed by atoms with Crippen molar-refractivity contribution in [1.29, 1.82) is 0 Å². The van der Waals surface area contributed by atoms with Gasteiger partial charge in [0.2, 0.25) is 5.91 Å². The SMILES string of the molecule is C#CCOCCOCCOC/C(N)=C/N(N)C1CCN(C(C)=O)c2ccc(C(=O)OC)cc21.CC. The molecule has 0 aromatic heterocycles. The van der Waals surface area contributed by atoms with Crippen LogP contribution >= 0.6 is 0 Å². The Morgan fingerprint density at radius 2 is 1.86 bits per heavy atom. The third-order valence-electron chi connectivity index (χ3n) is 4.98. The zero-order valence-electron chi connectivity index (χ0n) is 21.1. The Labute approximate surface area is 208 Å². The lowest BCUT2D eigenvalue weighted by molar-refractivity contribution is -0.116. The summed E-state index contributed by atoms with van der Waals surface area (Å²) in [6, 6.07) is 4.78. The fourth-order valence-corrected chi connectivity index (χ4v) is 3.45. The summed E-state index contributed by atoms with van der Waals surface area (Å²) in [6.45, 7) is 8.04. The summed E-state index contributed by atoms with van der Waals surface area (Å²) >= 11 is 0. The molecule has 0 saturated heterocycles. The molecule has 0 aliphatic carbocycles. The molecule has 10 nitrogen and oxygen atoms in total. The van der Waals surface area contributed by atoms with Crippen LogP contribution in [0.4, 0.5) is 5.69 Å². The van der Waals surface area contributed by atoms with E-state index in [9.17, 15) is 9.59 Å². The van der Waals surface area contributed by atoms with Crippen LogP contribution in [0.3, 0.4) is 0 Å². The summed E-state index contributed by atoms with van der Waals surface area (Å²) in [5.74, 6) is 8.13. The summed E-state index contributed by atoms with van der Waals surface area (Å²) in [7, 11) is 1.32. The maximum absolute atomic E-state index is 12.1. The Bertz CT molecular complexity index is 883. The van der Waals surface area contributed by atoms with Crippen LogP contribution in [0.25, 0.3) is 0 Å². The molecule has 0 saturated carbocycles. The molecular weight excluding hydrogens is 452 g/mol. The number of nitrogens with two attached hydrogens (primary N) is 2. The van der Waals surface area contributed by atoms with Gasteiger partial charge in [-0.25, -0.2) is 10.6 Å². The molecule has 35 heavy (non-hydrogen) atoms. The number of hydrogen-bond acceptors (Lipinski definition) is 9. The van der Waals surface area contributed by atoms with Gasteiger partial charge in [0.05, 0.1) is 57.4 Å². The first kappa shape index (κ1) is 29.9. The first-order valence-electron chi connectivity index (χ1n) is 11.5. The minimum Gasteiger partial charge on any atom is -0.465 e. The number of nitrogens with zero attached hydrogens (tertiary/aromatic N) is 2. The van der Waals surface area contributed by atoms with Crippen LogP contribution < -0.4 is 16.5 Å². The number of rotatable bonds is 12. The number of methoxy groups -OCH3 is 1. The molecule has 10 heteroatoms. The molecule has 0 bridgehead atoms. The van der Waals surface area contributed by atoms with Crippen molar-refractivity contribution >= 4 is 17.6 Å². The number of anilines is 1. The number of carbonyl (C=O) groups is 2. The van der Waals surface area contributed by atoms with E-state index in [1.54, 1.807) is 29.3 Å². The van der Waals surface area contributed by atoms with Crippen LogP contribution in [0, 0.1) is 12.3 Å². The van der Waals surface area contributed by atoms with E-state index in [4.69, 9.17) is 36.9 Å². The zero-order chi connectivity index (χ0) is 26.2. The van der Waals surface area contributed by atoms with Gasteiger partial charge in [-0.05, 0) is 24.6 Å². The maximum atomic E-state index is 12.1. The predicted molar refractivity (Wildman–Crippen MR) is 134 cm³/mol. The molecular formula is C25H38N4O6. The van der Waals surface area contributed by atoms with E-state index in [-0.39, 0.29) is 25.2 Å². The first-order valence-corrected chi connectivity index (χ1v) is 11.5. The monoisotopic (exact) mass is 490 g/mol. The van der Waals surface area contributed by atoms with Gasteiger partial charge in [0.1, 0.15) is 6.61 Å². The molecule has 2 rings (SSSR count). The fourth-order valence-electron chi connectivity index (χ4n) is 3.45. The Hall–Kier alpha value is -3.10. The standard InChI is InChI=1S/C23H32N4O6.C2H6/c1-4-9-31-10-11-32-12-13-33-16-19(24)15-27(25)22-7-8-26(17(2)28)21-6-5-18(14-20(21)22)23(29)30-3;1-2/h1,5-6,14-15,22H,7-13,16,24-25H2,2-3H3;1-2H3/b19-15-;. The Balaban J connectivity index is 0.00000298. The highest BCUT2D eigenvalue weighted by Gasteiger charge is 2.30. The molecule has 1 atom stereocenters. The van der Waals surface area contributed by atoms with Gasteiger partial charge in [-0.3, -0.25) is 4.79 Å². The minimum atomic E-state index is -0.464. The molecule has 0 radical (unpaired) electrons. The second-order valence-corrected chi connectivity index (χ2v) is 7.31. The van der Waals surface area contributed by atoms with Gasteiger partial charge in [-0.2, -0.15) is 0 Å². The van der Waals surface area contributed by atoms with Crippen molar-refractivity contribution in [2.24, 2.45) is 11.6 Å². The van der Waals surface area contributed by atoms with Crippen molar-refractivity contribution in [3.8, 4) is 12.3 Å². The summed E-state index contributed by atoms with van der Waals surface area (Å²) in [5.41, 5.74) is 8.32. The summed E-state index contributed by atoms with van der Waals surface area (Å²) in [6.07, 6.45) is 7.24.